The molecule has 98 valence electrons. The van der Waals surface area contributed by atoms with E-state index in [4.69, 9.17) is 10.2 Å². The molecule has 1 heterocycles. The fraction of sp³-hybridized carbons (Fsp3) is 0.364. The van der Waals surface area contributed by atoms with E-state index < -0.39 is 18.1 Å². The third kappa shape index (κ3) is 4.79. The van der Waals surface area contributed by atoms with Gasteiger partial charge in [0.15, 0.2) is 6.10 Å². The lowest BCUT2D eigenvalue weighted by Crippen LogP contribution is -2.33. The number of aliphatic hydroxyl groups excluding tert-OH is 1. The zero-order valence-electron chi connectivity index (χ0n) is 9.88. The number of aryl methyl sites for hydroxylation is 1. The molecular weight excluding hydrogens is 238 g/mol. The molecule has 1 aromatic rings. The average Bonchev–Trinajstić information content (AvgIpc) is 2.32. The zero-order valence-corrected chi connectivity index (χ0v) is 9.88. The maximum atomic E-state index is 11.4. The average molecular weight is 253 g/mol. The number of hydrogen-bond donors (Lipinski definition) is 4. The monoisotopic (exact) mass is 253 g/mol. The van der Waals surface area contributed by atoms with Crippen LogP contribution in [-0.2, 0) is 4.79 Å². The summed E-state index contributed by atoms with van der Waals surface area (Å²) in [4.78, 5) is 25.7. The second-order valence-electron chi connectivity index (χ2n) is 3.71. The Morgan fingerprint density at radius 1 is 1.44 bits per heavy atom. The largest absolute Gasteiger partial charge is 0.479 e. The van der Waals surface area contributed by atoms with Crippen LogP contribution in [0.3, 0.4) is 0 Å². The van der Waals surface area contributed by atoms with Gasteiger partial charge in [0.1, 0.15) is 0 Å². The molecule has 18 heavy (non-hydrogen) atoms. The molecule has 0 saturated heterocycles. The molecule has 0 spiro atoms. The molecule has 0 aliphatic carbocycles. The maximum Gasteiger partial charge on any atom is 0.332 e. The Morgan fingerprint density at radius 3 is 2.72 bits per heavy atom. The molecule has 0 bridgehead atoms. The number of carbonyl (C=O) groups is 2. The van der Waals surface area contributed by atoms with Gasteiger partial charge in [-0.25, -0.2) is 9.59 Å². The molecule has 0 aliphatic heterocycles. The van der Waals surface area contributed by atoms with Crippen LogP contribution in [0.2, 0.25) is 0 Å². The van der Waals surface area contributed by atoms with Crippen molar-refractivity contribution in [2.75, 3.05) is 11.9 Å². The standard InChI is InChI=1S/C11H15N3O4/c1-7-2-3-8(6-13-7)14-11(18)12-5-4-9(15)10(16)17/h2-3,6,9,15H,4-5H2,1H3,(H,16,17)(H2,12,14,18). The van der Waals surface area contributed by atoms with Gasteiger partial charge in [-0.3, -0.25) is 4.98 Å². The van der Waals surface area contributed by atoms with Gasteiger partial charge in [0.25, 0.3) is 0 Å². The second-order valence-corrected chi connectivity index (χ2v) is 3.71. The van der Waals surface area contributed by atoms with E-state index in [9.17, 15) is 9.59 Å². The summed E-state index contributed by atoms with van der Waals surface area (Å²) in [5.74, 6) is -1.31. The number of carboxylic acids is 1. The minimum absolute atomic E-state index is 0.0467. The van der Waals surface area contributed by atoms with Crippen molar-refractivity contribution in [3.05, 3.63) is 24.0 Å². The molecule has 4 N–H and O–H groups in total. The van der Waals surface area contributed by atoms with Gasteiger partial charge in [-0.1, -0.05) is 0 Å². The van der Waals surface area contributed by atoms with Gasteiger partial charge in [0.05, 0.1) is 11.9 Å². The maximum absolute atomic E-state index is 11.4. The summed E-state index contributed by atoms with van der Waals surface area (Å²) >= 11 is 0. The van der Waals surface area contributed by atoms with Crippen LogP contribution in [0.4, 0.5) is 10.5 Å². The molecule has 0 aliphatic rings. The predicted molar refractivity (Wildman–Crippen MR) is 64.3 cm³/mol. The van der Waals surface area contributed by atoms with E-state index in [1.807, 2.05) is 6.92 Å². The summed E-state index contributed by atoms with van der Waals surface area (Å²) in [6, 6.07) is 2.98. The van der Waals surface area contributed by atoms with E-state index in [2.05, 4.69) is 15.6 Å². The van der Waals surface area contributed by atoms with Crippen molar-refractivity contribution in [3.8, 4) is 0 Å². The third-order valence-corrected chi connectivity index (χ3v) is 2.16. The number of anilines is 1. The number of nitrogens with one attached hydrogen (secondary N) is 2. The number of carboxylic acid groups (broad SMARTS) is 1. The summed E-state index contributed by atoms with van der Waals surface area (Å²) in [5, 5.41) is 22.4. The van der Waals surface area contributed by atoms with Crippen LogP contribution >= 0.6 is 0 Å². The first kappa shape index (κ1) is 13.9. The summed E-state index contributed by atoms with van der Waals surface area (Å²) < 4.78 is 0. The van der Waals surface area contributed by atoms with Crippen molar-refractivity contribution in [3.63, 3.8) is 0 Å². The van der Waals surface area contributed by atoms with Crippen LogP contribution in [0.25, 0.3) is 0 Å². The fourth-order valence-electron chi connectivity index (χ4n) is 1.16. The number of carbonyl (C=O) groups excluding carboxylic acids is 1. The van der Waals surface area contributed by atoms with Crippen molar-refractivity contribution < 1.29 is 19.8 Å². The first-order valence-electron chi connectivity index (χ1n) is 5.37. The fourth-order valence-corrected chi connectivity index (χ4v) is 1.16. The number of urea groups is 1. The van der Waals surface area contributed by atoms with E-state index in [0.717, 1.165) is 5.69 Å². The molecular formula is C11H15N3O4. The lowest BCUT2D eigenvalue weighted by atomic mass is 10.2. The molecule has 1 unspecified atom stereocenters. The van der Waals surface area contributed by atoms with Crippen LogP contribution in [-0.4, -0.2) is 39.8 Å². The number of rotatable bonds is 5. The second kappa shape index (κ2) is 6.55. The summed E-state index contributed by atoms with van der Waals surface area (Å²) in [5.41, 5.74) is 1.38. The highest BCUT2D eigenvalue weighted by Gasteiger charge is 2.12. The molecule has 0 saturated carbocycles. The molecule has 0 fully saturated rings. The van der Waals surface area contributed by atoms with E-state index in [1.165, 1.54) is 6.20 Å². The first-order valence-corrected chi connectivity index (χ1v) is 5.37. The highest BCUT2D eigenvalue weighted by atomic mass is 16.4. The van der Waals surface area contributed by atoms with Crippen LogP contribution in [0, 0.1) is 6.92 Å². The first-order chi connectivity index (χ1) is 8.49. The van der Waals surface area contributed by atoms with Crippen LogP contribution < -0.4 is 10.6 Å². The predicted octanol–water partition coefficient (Wildman–Crippen LogP) is 0.347. The normalized spacial score (nSPS) is 11.7. The summed E-state index contributed by atoms with van der Waals surface area (Å²) in [7, 11) is 0. The number of aliphatic hydroxyl groups is 1. The Morgan fingerprint density at radius 2 is 2.17 bits per heavy atom. The Hall–Kier alpha value is -2.15. The lowest BCUT2D eigenvalue weighted by molar-refractivity contribution is -0.146. The molecule has 7 nitrogen and oxygen atoms in total. The Balaban J connectivity index is 2.30. The van der Waals surface area contributed by atoms with E-state index in [1.54, 1.807) is 12.1 Å². The Kier molecular flexibility index (Phi) is 5.06. The van der Waals surface area contributed by atoms with E-state index in [0.29, 0.717) is 5.69 Å². The van der Waals surface area contributed by atoms with Gasteiger partial charge in [-0.05, 0) is 19.1 Å². The van der Waals surface area contributed by atoms with Crippen molar-refractivity contribution in [2.45, 2.75) is 19.4 Å². The molecule has 0 radical (unpaired) electrons. The summed E-state index contributed by atoms with van der Waals surface area (Å²) in [6.07, 6.45) is 0.00181. The zero-order chi connectivity index (χ0) is 13.5. The van der Waals surface area contributed by atoms with Gasteiger partial charge in [-0.2, -0.15) is 0 Å². The Bertz CT molecular complexity index is 419. The van der Waals surface area contributed by atoms with E-state index >= 15 is 0 Å². The smallest absolute Gasteiger partial charge is 0.332 e. The minimum Gasteiger partial charge on any atom is -0.479 e. The highest BCUT2D eigenvalue weighted by molar-refractivity contribution is 5.89. The number of aromatic nitrogens is 1. The van der Waals surface area contributed by atoms with Crippen molar-refractivity contribution in [1.29, 1.82) is 0 Å². The van der Waals surface area contributed by atoms with E-state index in [-0.39, 0.29) is 13.0 Å². The number of nitrogens with zero attached hydrogens (tertiary/aromatic N) is 1. The number of pyridine rings is 1. The van der Waals surface area contributed by atoms with Gasteiger partial charge < -0.3 is 20.8 Å². The quantitative estimate of drug-likeness (QED) is 0.605. The van der Waals surface area contributed by atoms with Gasteiger partial charge in [0.2, 0.25) is 0 Å². The number of aliphatic carboxylic acids is 1. The molecule has 1 rings (SSSR count). The molecule has 0 aromatic carbocycles. The molecule has 1 atom stereocenters. The Labute approximate surface area is 104 Å². The molecule has 7 heteroatoms. The van der Waals surface area contributed by atoms with Gasteiger partial charge in [-0.15, -0.1) is 0 Å². The lowest BCUT2D eigenvalue weighted by Gasteiger charge is -2.08. The number of hydrogen-bond acceptors (Lipinski definition) is 4. The van der Waals surface area contributed by atoms with Crippen LogP contribution in [0.1, 0.15) is 12.1 Å². The summed E-state index contributed by atoms with van der Waals surface area (Å²) in [6.45, 7) is 1.90. The SMILES string of the molecule is Cc1ccc(NC(=O)NCCC(O)C(=O)O)cn1. The third-order valence-electron chi connectivity index (χ3n) is 2.16. The van der Waals surface area contributed by atoms with Crippen molar-refractivity contribution in [1.82, 2.24) is 10.3 Å². The van der Waals surface area contributed by atoms with Crippen LogP contribution in [0.15, 0.2) is 18.3 Å². The van der Waals surface area contributed by atoms with Crippen LogP contribution in [0.5, 0.6) is 0 Å². The molecule has 1 aromatic heterocycles. The van der Waals surface area contributed by atoms with Crippen molar-refractivity contribution in [2.24, 2.45) is 0 Å². The molecule has 2 amide bonds. The van der Waals surface area contributed by atoms with Crippen molar-refractivity contribution >= 4 is 17.7 Å². The van der Waals surface area contributed by atoms with Gasteiger partial charge in [0, 0.05) is 18.7 Å². The topological polar surface area (TPSA) is 112 Å². The minimum atomic E-state index is -1.47. The van der Waals surface area contributed by atoms with Gasteiger partial charge >= 0.3 is 12.0 Å². The highest BCUT2D eigenvalue weighted by Crippen LogP contribution is 2.04. The number of amides is 2.